The number of nitrogens with one attached hydrogen (secondary N) is 1. The lowest BCUT2D eigenvalue weighted by atomic mass is 9.86. The fourth-order valence-electron chi connectivity index (χ4n) is 4.26. The van der Waals surface area contributed by atoms with E-state index in [1.165, 1.54) is 31.5 Å². The first-order valence-corrected chi connectivity index (χ1v) is 10.4. The van der Waals surface area contributed by atoms with Crippen LogP contribution in [0.5, 0.6) is 0 Å². The predicted octanol–water partition coefficient (Wildman–Crippen LogP) is 4.46. The number of fused-ring (bicyclic) bond motifs is 1. The first kappa shape index (κ1) is 18.9. The normalized spacial score (nSPS) is 22.6. The summed E-state index contributed by atoms with van der Waals surface area (Å²) in [6.07, 6.45) is 3.88. The fourth-order valence-corrected chi connectivity index (χ4v) is 4.59. The molecular weight excluding hydrogens is 379 g/mol. The summed E-state index contributed by atoms with van der Waals surface area (Å²) in [6.45, 7) is 3.34. The summed E-state index contributed by atoms with van der Waals surface area (Å²) in [5.74, 6) is 0.173. The number of halogens is 2. The molecule has 0 aliphatic carbocycles. The number of rotatable bonds is 5. The van der Waals surface area contributed by atoms with E-state index in [0.29, 0.717) is 22.5 Å². The van der Waals surface area contributed by atoms with Gasteiger partial charge in [-0.05, 0) is 61.2 Å². The zero-order chi connectivity index (χ0) is 18.8. The van der Waals surface area contributed by atoms with E-state index in [-0.39, 0.29) is 11.8 Å². The molecule has 2 aromatic carbocycles. The quantitative estimate of drug-likeness (QED) is 0.800. The van der Waals surface area contributed by atoms with Gasteiger partial charge in [-0.1, -0.05) is 53.5 Å². The zero-order valence-corrected chi connectivity index (χ0v) is 16.8. The number of carbonyl (C=O) groups is 1. The molecule has 2 aliphatic rings. The van der Waals surface area contributed by atoms with Crippen molar-refractivity contribution in [2.75, 3.05) is 19.6 Å². The molecule has 2 aromatic rings. The molecular formula is C22H24Cl2N2O. The maximum absolute atomic E-state index is 13.2. The Morgan fingerprint density at radius 2 is 1.85 bits per heavy atom. The van der Waals surface area contributed by atoms with Crippen LogP contribution in [-0.4, -0.2) is 36.4 Å². The molecule has 27 heavy (non-hydrogen) atoms. The Bertz CT molecular complexity index is 833. The summed E-state index contributed by atoms with van der Waals surface area (Å²) < 4.78 is 0. The smallest absolute Gasteiger partial charge is 0.158 e. The van der Waals surface area contributed by atoms with Crippen molar-refractivity contribution in [2.24, 2.45) is 0 Å². The molecule has 142 valence electrons. The molecule has 5 heteroatoms. The number of hydrogen-bond acceptors (Lipinski definition) is 3. The molecule has 1 saturated heterocycles. The predicted molar refractivity (Wildman–Crippen MR) is 111 cm³/mol. The van der Waals surface area contributed by atoms with Crippen molar-refractivity contribution in [3.63, 3.8) is 0 Å². The number of nitrogens with zero attached hydrogens (tertiary/aromatic N) is 1. The molecule has 1 unspecified atom stereocenters. The third kappa shape index (κ3) is 4.38. The molecule has 0 saturated carbocycles. The molecule has 0 spiro atoms. The van der Waals surface area contributed by atoms with E-state index in [9.17, 15) is 4.79 Å². The van der Waals surface area contributed by atoms with E-state index < -0.39 is 0 Å². The third-order valence-corrected chi connectivity index (χ3v) is 6.34. The molecule has 0 aromatic heterocycles. The van der Waals surface area contributed by atoms with Gasteiger partial charge in [0.1, 0.15) is 0 Å². The largest absolute Gasteiger partial charge is 0.302 e. The van der Waals surface area contributed by atoms with Crippen molar-refractivity contribution in [1.82, 2.24) is 10.2 Å². The summed E-state index contributed by atoms with van der Waals surface area (Å²) >= 11 is 12.1. The summed E-state index contributed by atoms with van der Waals surface area (Å²) in [7, 11) is 0. The Balaban J connectivity index is 1.53. The van der Waals surface area contributed by atoms with Crippen LogP contribution in [0.3, 0.4) is 0 Å². The summed E-state index contributed by atoms with van der Waals surface area (Å²) in [6, 6.07) is 13.8. The van der Waals surface area contributed by atoms with E-state index in [0.717, 1.165) is 24.1 Å². The lowest BCUT2D eigenvalue weighted by Gasteiger charge is -2.34. The van der Waals surface area contributed by atoms with E-state index in [4.69, 9.17) is 23.2 Å². The minimum atomic E-state index is -0.267. The average Bonchev–Trinajstić information content (AvgIpc) is 3.17. The fraction of sp³-hybridized carbons (Fsp3) is 0.409. The lowest BCUT2D eigenvalue weighted by Crippen LogP contribution is -2.48. The number of Topliss-reactive ketones (excluding diaryl/α,β-unsaturated/α-hetero) is 1. The van der Waals surface area contributed by atoms with Crippen LogP contribution < -0.4 is 5.32 Å². The Morgan fingerprint density at radius 1 is 1.07 bits per heavy atom. The van der Waals surface area contributed by atoms with Gasteiger partial charge in [0.2, 0.25) is 0 Å². The first-order chi connectivity index (χ1) is 13.1. The highest BCUT2D eigenvalue weighted by atomic mass is 35.5. The number of carbonyl (C=O) groups excluding carboxylic acids is 1. The highest BCUT2D eigenvalue weighted by Crippen LogP contribution is 2.29. The molecule has 2 aliphatic heterocycles. The maximum Gasteiger partial charge on any atom is 0.158 e. The van der Waals surface area contributed by atoms with Gasteiger partial charge < -0.3 is 4.90 Å². The molecule has 4 rings (SSSR count). The summed E-state index contributed by atoms with van der Waals surface area (Å²) in [5.41, 5.74) is 3.29. The molecule has 1 fully saturated rings. The molecule has 0 bridgehead atoms. The minimum absolute atomic E-state index is 0.173. The van der Waals surface area contributed by atoms with E-state index in [1.54, 1.807) is 12.1 Å². The van der Waals surface area contributed by atoms with Crippen LogP contribution >= 0.6 is 23.2 Å². The van der Waals surface area contributed by atoms with Crippen LogP contribution in [0.2, 0.25) is 10.0 Å². The highest BCUT2D eigenvalue weighted by Gasteiger charge is 2.31. The average molecular weight is 403 g/mol. The van der Waals surface area contributed by atoms with Gasteiger partial charge in [0.25, 0.3) is 0 Å². The van der Waals surface area contributed by atoms with Gasteiger partial charge in [0, 0.05) is 19.0 Å². The summed E-state index contributed by atoms with van der Waals surface area (Å²) in [5, 5.41) is 4.64. The lowest BCUT2D eigenvalue weighted by molar-refractivity contribution is -0.121. The molecule has 3 nitrogen and oxygen atoms in total. The van der Waals surface area contributed by atoms with E-state index in [2.05, 4.69) is 28.4 Å². The van der Waals surface area contributed by atoms with Gasteiger partial charge in [-0.25, -0.2) is 0 Å². The van der Waals surface area contributed by atoms with Gasteiger partial charge in [-0.2, -0.15) is 0 Å². The molecule has 0 amide bonds. The number of ketones is 1. The number of hydrogen-bond donors (Lipinski definition) is 1. The molecule has 2 atom stereocenters. The van der Waals surface area contributed by atoms with Crippen LogP contribution in [0.25, 0.3) is 0 Å². The molecule has 2 heterocycles. The Morgan fingerprint density at radius 3 is 2.63 bits per heavy atom. The minimum Gasteiger partial charge on any atom is -0.302 e. The van der Waals surface area contributed by atoms with Gasteiger partial charge in [-0.3, -0.25) is 10.1 Å². The topological polar surface area (TPSA) is 32.3 Å². The van der Waals surface area contributed by atoms with Crippen molar-refractivity contribution >= 4 is 29.0 Å². The Hall–Kier alpha value is -1.39. The van der Waals surface area contributed by atoms with Crippen LogP contribution in [0.4, 0.5) is 0 Å². The summed E-state index contributed by atoms with van der Waals surface area (Å²) in [4.78, 5) is 15.7. The van der Waals surface area contributed by atoms with Crippen LogP contribution in [0.15, 0.2) is 42.5 Å². The Kier molecular flexibility index (Phi) is 5.84. The molecule has 0 radical (unpaired) electrons. The monoisotopic (exact) mass is 402 g/mol. The van der Waals surface area contributed by atoms with Gasteiger partial charge in [0.15, 0.2) is 5.78 Å². The molecule has 1 N–H and O–H groups in total. The highest BCUT2D eigenvalue weighted by molar-refractivity contribution is 6.42. The van der Waals surface area contributed by atoms with Crippen LogP contribution in [0, 0.1) is 0 Å². The second-order valence-electron chi connectivity index (χ2n) is 7.60. The van der Waals surface area contributed by atoms with Gasteiger partial charge in [0.05, 0.1) is 16.1 Å². The number of benzene rings is 2. The second kappa shape index (κ2) is 8.32. The van der Waals surface area contributed by atoms with Crippen molar-refractivity contribution in [3.05, 3.63) is 69.2 Å². The first-order valence-electron chi connectivity index (χ1n) is 9.63. The van der Waals surface area contributed by atoms with Crippen molar-refractivity contribution in [2.45, 2.75) is 37.8 Å². The third-order valence-electron chi connectivity index (χ3n) is 5.60. The maximum atomic E-state index is 13.2. The number of likely N-dealkylation sites (tertiary alicyclic amines) is 1. The van der Waals surface area contributed by atoms with Crippen LogP contribution in [-0.2, 0) is 17.6 Å². The van der Waals surface area contributed by atoms with Crippen LogP contribution in [0.1, 0.15) is 35.6 Å². The van der Waals surface area contributed by atoms with Gasteiger partial charge >= 0.3 is 0 Å². The van der Waals surface area contributed by atoms with E-state index in [1.807, 2.05) is 12.1 Å². The second-order valence-corrected chi connectivity index (χ2v) is 8.41. The van der Waals surface area contributed by atoms with Crippen molar-refractivity contribution < 1.29 is 4.79 Å². The van der Waals surface area contributed by atoms with E-state index >= 15 is 0 Å². The van der Waals surface area contributed by atoms with Gasteiger partial charge in [-0.15, -0.1) is 0 Å². The SMILES string of the molecule is O=C(Cc1ccc(Cl)c(Cl)c1)[C@H]1NC(CN2CCCC2)Cc2ccccc21. The Labute approximate surface area is 170 Å². The van der Waals surface area contributed by atoms with Crippen molar-refractivity contribution in [1.29, 1.82) is 0 Å². The zero-order valence-electron chi connectivity index (χ0n) is 15.3. The van der Waals surface area contributed by atoms with Crippen molar-refractivity contribution in [3.8, 4) is 0 Å². The standard InChI is InChI=1S/C22H24Cl2N2O/c23-19-8-7-15(11-20(19)24)12-21(27)22-18-6-2-1-5-16(18)13-17(25-22)14-26-9-3-4-10-26/h1-2,5-8,11,17,22,25H,3-4,9-10,12-14H2/t17?,22-/m0/s1.